The van der Waals surface area contributed by atoms with E-state index in [1.165, 1.54) is 0 Å². The first-order chi connectivity index (χ1) is 5.52. The first-order valence-corrected chi connectivity index (χ1v) is 3.18. The summed E-state index contributed by atoms with van der Waals surface area (Å²) in [5, 5.41) is 20.2. The van der Waals surface area contributed by atoms with Crippen LogP contribution in [0.3, 0.4) is 0 Å². The standard InChI is InChI=1S/C5H4N2O4S/c8-4(9)2-1-3(5(10)11)7(12)6-2/h1,12H,(H,8,9)(H,10,11). The van der Waals surface area contributed by atoms with Crippen molar-refractivity contribution >= 4 is 24.8 Å². The summed E-state index contributed by atoms with van der Waals surface area (Å²) in [4.78, 5) is 20.6. The van der Waals surface area contributed by atoms with Crippen molar-refractivity contribution in [2.24, 2.45) is 0 Å². The molecule has 0 bridgehead atoms. The summed E-state index contributed by atoms with van der Waals surface area (Å²) in [5.41, 5.74) is -0.627. The number of hydrogen-bond acceptors (Lipinski definition) is 4. The van der Waals surface area contributed by atoms with E-state index in [2.05, 4.69) is 17.9 Å². The van der Waals surface area contributed by atoms with Crippen molar-refractivity contribution in [3.8, 4) is 0 Å². The molecule has 0 atom stereocenters. The molecule has 2 N–H and O–H groups in total. The van der Waals surface area contributed by atoms with Crippen LogP contribution in [0.15, 0.2) is 6.07 Å². The van der Waals surface area contributed by atoms with Gasteiger partial charge in [0, 0.05) is 6.07 Å². The molecule has 0 aliphatic heterocycles. The minimum atomic E-state index is -1.29. The first-order valence-electron chi connectivity index (χ1n) is 2.78. The summed E-state index contributed by atoms with van der Waals surface area (Å²) in [6, 6.07) is 0.928. The van der Waals surface area contributed by atoms with E-state index in [-0.39, 0.29) is 11.4 Å². The molecular weight excluding hydrogens is 184 g/mol. The van der Waals surface area contributed by atoms with Crippen LogP contribution in [0.2, 0.25) is 0 Å². The number of rotatable bonds is 2. The van der Waals surface area contributed by atoms with Gasteiger partial charge in [0.25, 0.3) is 0 Å². The monoisotopic (exact) mass is 188 g/mol. The fourth-order valence-electron chi connectivity index (χ4n) is 0.624. The fraction of sp³-hybridized carbons (Fsp3) is 0. The molecule has 1 rings (SSSR count). The number of thiol groups is 1. The maximum Gasteiger partial charge on any atom is 0.356 e. The van der Waals surface area contributed by atoms with E-state index in [1.807, 2.05) is 0 Å². The number of carboxylic acid groups (broad SMARTS) is 2. The lowest BCUT2D eigenvalue weighted by molar-refractivity contribution is 0.0681. The van der Waals surface area contributed by atoms with Crippen LogP contribution in [0, 0.1) is 0 Å². The lowest BCUT2D eigenvalue weighted by Crippen LogP contribution is -2.01. The van der Waals surface area contributed by atoms with E-state index >= 15 is 0 Å². The van der Waals surface area contributed by atoms with Crippen molar-refractivity contribution in [2.75, 3.05) is 0 Å². The number of carbonyl (C=O) groups is 2. The molecule has 7 heteroatoms. The lowest BCUT2D eigenvalue weighted by Gasteiger charge is -1.89. The third-order valence-corrected chi connectivity index (χ3v) is 1.43. The zero-order valence-corrected chi connectivity index (χ0v) is 6.52. The van der Waals surface area contributed by atoms with Gasteiger partial charge in [-0.3, -0.25) is 0 Å². The van der Waals surface area contributed by atoms with Gasteiger partial charge >= 0.3 is 11.9 Å². The highest BCUT2D eigenvalue weighted by Crippen LogP contribution is 2.05. The summed E-state index contributed by atoms with van der Waals surface area (Å²) in [6.45, 7) is 0. The van der Waals surface area contributed by atoms with Crippen LogP contribution in [0.4, 0.5) is 0 Å². The van der Waals surface area contributed by atoms with Gasteiger partial charge in [-0.1, -0.05) is 0 Å². The fourth-order valence-corrected chi connectivity index (χ4v) is 0.863. The smallest absolute Gasteiger partial charge is 0.356 e. The number of nitrogens with zero attached hydrogens (tertiary/aromatic N) is 2. The van der Waals surface area contributed by atoms with Gasteiger partial charge < -0.3 is 10.2 Å². The van der Waals surface area contributed by atoms with E-state index in [0.29, 0.717) is 4.09 Å². The highest BCUT2D eigenvalue weighted by atomic mass is 32.1. The maximum atomic E-state index is 10.4. The molecule has 6 nitrogen and oxygen atoms in total. The van der Waals surface area contributed by atoms with Gasteiger partial charge in [0.2, 0.25) is 0 Å². The zero-order valence-electron chi connectivity index (χ0n) is 5.63. The van der Waals surface area contributed by atoms with Crippen LogP contribution < -0.4 is 0 Å². The maximum absolute atomic E-state index is 10.4. The minimum Gasteiger partial charge on any atom is -0.476 e. The third-order valence-electron chi connectivity index (χ3n) is 1.13. The van der Waals surface area contributed by atoms with E-state index in [0.717, 1.165) is 6.07 Å². The second kappa shape index (κ2) is 2.86. The van der Waals surface area contributed by atoms with Crippen LogP contribution in [-0.2, 0) is 0 Å². The normalized spacial score (nSPS) is 9.75. The quantitative estimate of drug-likeness (QED) is 0.567. The van der Waals surface area contributed by atoms with E-state index < -0.39 is 11.9 Å². The Morgan fingerprint density at radius 3 is 2.25 bits per heavy atom. The van der Waals surface area contributed by atoms with Crippen molar-refractivity contribution in [3.05, 3.63) is 17.5 Å². The van der Waals surface area contributed by atoms with Crippen molar-refractivity contribution in [1.82, 2.24) is 9.19 Å². The highest BCUT2D eigenvalue weighted by molar-refractivity contribution is 7.78. The van der Waals surface area contributed by atoms with E-state index in [4.69, 9.17) is 10.2 Å². The number of hydrogen-bond donors (Lipinski definition) is 3. The molecule has 0 saturated heterocycles. The van der Waals surface area contributed by atoms with E-state index in [1.54, 1.807) is 0 Å². The summed E-state index contributed by atoms with van der Waals surface area (Å²) in [5.74, 6) is -2.56. The van der Waals surface area contributed by atoms with Crippen LogP contribution in [-0.4, -0.2) is 31.3 Å². The first kappa shape index (κ1) is 8.60. The van der Waals surface area contributed by atoms with Crippen LogP contribution in [0.1, 0.15) is 21.0 Å². The largest absolute Gasteiger partial charge is 0.476 e. The van der Waals surface area contributed by atoms with Gasteiger partial charge in [-0.05, 0) is 12.8 Å². The van der Waals surface area contributed by atoms with Gasteiger partial charge in [-0.15, -0.1) is 0 Å². The highest BCUT2D eigenvalue weighted by Gasteiger charge is 2.15. The van der Waals surface area contributed by atoms with Crippen molar-refractivity contribution in [2.45, 2.75) is 0 Å². The zero-order chi connectivity index (χ0) is 9.30. The average Bonchev–Trinajstić information content (AvgIpc) is 2.30. The Morgan fingerprint density at radius 2 is 2.00 bits per heavy atom. The molecule has 0 aliphatic carbocycles. The molecular formula is C5H4N2O4S. The second-order valence-corrected chi connectivity index (χ2v) is 2.29. The Balaban J connectivity index is 3.17. The van der Waals surface area contributed by atoms with Gasteiger partial charge in [0.15, 0.2) is 11.4 Å². The summed E-state index contributed by atoms with van der Waals surface area (Å²) in [7, 11) is 0. The minimum absolute atomic E-state index is 0.282. The molecule has 0 radical (unpaired) electrons. The Bertz CT molecular complexity index is 345. The lowest BCUT2D eigenvalue weighted by atomic mass is 10.3. The number of aromatic carboxylic acids is 2. The molecule has 1 aromatic rings. The van der Waals surface area contributed by atoms with Crippen LogP contribution >= 0.6 is 12.8 Å². The van der Waals surface area contributed by atoms with Crippen LogP contribution in [0.5, 0.6) is 0 Å². The van der Waals surface area contributed by atoms with Crippen molar-refractivity contribution < 1.29 is 19.8 Å². The van der Waals surface area contributed by atoms with Crippen LogP contribution in [0.25, 0.3) is 0 Å². The number of carboxylic acids is 2. The molecule has 0 fully saturated rings. The SMILES string of the molecule is O=C(O)c1cc(C(=O)O)n(S)n1. The number of aromatic nitrogens is 2. The molecule has 64 valence electrons. The van der Waals surface area contributed by atoms with E-state index in [9.17, 15) is 9.59 Å². The summed E-state index contributed by atoms with van der Waals surface area (Å²) < 4.78 is 0.700. The molecule has 0 amide bonds. The molecule has 0 saturated carbocycles. The summed E-state index contributed by atoms with van der Waals surface area (Å²) in [6.07, 6.45) is 0. The molecule has 12 heavy (non-hydrogen) atoms. The molecule has 1 aromatic heterocycles. The van der Waals surface area contributed by atoms with Crippen molar-refractivity contribution in [3.63, 3.8) is 0 Å². The third kappa shape index (κ3) is 1.40. The second-order valence-electron chi connectivity index (χ2n) is 1.91. The van der Waals surface area contributed by atoms with Crippen molar-refractivity contribution in [1.29, 1.82) is 0 Å². The predicted molar refractivity (Wildman–Crippen MR) is 40.5 cm³/mol. The summed E-state index contributed by atoms with van der Waals surface area (Å²) >= 11 is 3.61. The predicted octanol–water partition coefficient (Wildman–Crippen LogP) is -0.0276. The van der Waals surface area contributed by atoms with Gasteiger partial charge in [-0.2, -0.15) is 5.10 Å². The van der Waals surface area contributed by atoms with Gasteiger partial charge in [-0.25, -0.2) is 13.7 Å². The Labute approximate surface area is 72.0 Å². The van der Waals surface area contributed by atoms with Gasteiger partial charge in [0.05, 0.1) is 0 Å². The Kier molecular flexibility index (Phi) is 2.05. The Hall–Kier alpha value is -1.50. The molecule has 1 heterocycles. The molecule has 0 aromatic carbocycles. The average molecular weight is 188 g/mol. The molecule has 0 spiro atoms. The Morgan fingerprint density at radius 1 is 1.42 bits per heavy atom. The molecule has 0 aliphatic rings. The van der Waals surface area contributed by atoms with Gasteiger partial charge in [0.1, 0.15) is 0 Å². The topological polar surface area (TPSA) is 92.4 Å². The molecule has 0 unspecified atom stereocenters.